The van der Waals surface area contributed by atoms with Crippen LogP contribution in [0.5, 0.6) is 0 Å². The van der Waals surface area contributed by atoms with Crippen LogP contribution >= 0.6 is 0 Å². The molecule has 0 bridgehead atoms. The fourth-order valence-corrected chi connectivity index (χ4v) is 4.03. The maximum absolute atomic E-state index is 5.96. The molecule has 0 unspecified atom stereocenters. The molecule has 0 radical (unpaired) electrons. The molecule has 0 spiro atoms. The summed E-state index contributed by atoms with van der Waals surface area (Å²) in [5.41, 5.74) is 12.7. The van der Waals surface area contributed by atoms with Gasteiger partial charge in [-0.3, -0.25) is 0 Å². The van der Waals surface area contributed by atoms with Gasteiger partial charge in [-0.15, -0.1) is 0 Å². The molecule has 0 aromatic heterocycles. The minimum Gasteiger partial charge on any atom is -0.326 e. The zero-order valence-corrected chi connectivity index (χ0v) is 9.51. The molecule has 1 aliphatic rings. The van der Waals surface area contributed by atoms with Crippen LogP contribution in [0.25, 0.3) is 0 Å². The zero-order valence-electron chi connectivity index (χ0n) is 8.51. The fraction of sp³-hybridized carbons (Fsp3) is 1.00. The first-order chi connectivity index (χ1) is 5.41. The molecule has 3 heteroatoms. The molecular formula is C9H22N2Si. The highest BCUT2D eigenvalue weighted by Crippen LogP contribution is 2.35. The Morgan fingerprint density at radius 1 is 1.00 bits per heavy atom. The van der Waals surface area contributed by atoms with Gasteiger partial charge < -0.3 is 11.5 Å². The minimum absolute atomic E-state index is 0.260. The van der Waals surface area contributed by atoms with Gasteiger partial charge in [-0.25, -0.2) is 0 Å². The second-order valence-corrected chi connectivity index (χ2v) is 10.8. The van der Waals surface area contributed by atoms with Gasteiger partial charge in [-0.05, 0) is 18.4 Å². The van der Waals surface area contributed by atoms with E-state index in [4.69, 9.17) is 11.5 Å². The van der Waals surface area contributed by atoms with Gasteiger partial charge >= 0.3 is 0 Å². The molecule has 0 aliphatic heterocycles. The molecule has 0 amide bonds. The van der Waals surface area contributed by atoms with Crippen LogP contribution in [-0.2, 0) is 0 Å². The second kappa shape index (κ2) is 3.48. The Labute approximate surface area is 76.7 Å². The number of hydrogen-bond donors (Lipinski definition) is 2. The van der Waals surface area contributed by atoms with Gasteiger partial charge in [0.05, 0.1) is 0 Å². The van der Waals surface area contributed by atoms with Crippen molar-refractivity contribution in [3.05, 3.63) is 0 Å². The summed E-state index contributed by atoms with van der Waals surface area (Å²) < 4.78 is 0. The van der Waals surface area contributed by atoms with Gasteiger partial charge in [0.1, 0.15) is 0 Å². The Kier molecular flexibility index (Phi) is 2.96. The molecule has 12 heavy (non-hydrogen) atoms. The smallest absolute Gasteiger partial charge is 0.0474 e. The first-order valence-electron chi connectivity index (χ1n) is 4.92. The molecule has 72 valence electrons. The van der Waals surface area contributed by atoms with E-state index >= 15 is 0 Å². The van der Waals surface area contributed by atoms with Crippen molar-refractivity contribution in [1.29, 1.82) is 0 Å². The van der Waals surface area contributed by atoms with Crippen LogP contribution in [0.3, 0.4) is 0 Å². The predicted molar refractivity (Wildman–Crippen MR) is 56.9 cm³/mol. The van der Waals surface area contributed by atoms with Crippen LogP contribution in [-0.4, -0.2) is 20.2 Å². The molecule has 1 fully saturated rings. The number of nitrogens with two attached hydrogens (primary N) is 2. The molecule has 0 saturated heterocycles. The van der Waals surface area contributed by atoms with Gasteiger partial charge in [0.2, 0.25) is 0 Å². The first kappa shape index (κ1) is 10.2. The molecule has 0 heterocycles. The van der Waals surface area contributed by atoms with Gasteiger partial charge in [0.25, 0.3) is 0 Å². The molecule has 1 aliphatic carbocycles. The SMILES string of the molecule is C[Si](C)(C)[C@H]1CC[C@@H](N)[C@H](N)C1. The Morgan fingerprint density at radius 3 is 2.00 bits per heavy atom. The van der Waals surface area contributed by atoms with E-state index in [0.29, 0.717) is 0 Å². The van der Waals surface area contributed by atoms with Gasteiger partial charge in [-0.1, -0.05) is 26.1 Å². The molecule has 4 N–H and O–H groups in total. The van der Waals surface area contributed by atoms with E-state index in [1.54, 1.807) is 0 Å². The average molecular weight is 186 g/mol. The maximum atomic E-state index is 5.96. The lowest BCUT2D eigenvalue weighted by Crippen LogP contribution is -2.48. The highest BCUT2D eigenvalue weighted by molar-refractivity contribution is 6.77. The zero-order chi connectivity index (χ0) is 9.35. The quantitative estimate of drug-likeness (QED) is 0.610. The molecule has 3 atom stereocenters. The van der Waals surface area contributed by atoms with Crippen LogP contribution in [0.4, 0.5) is 0 Å². The third-order valence-electron chi connectivity index (χ3n) is 3.18. The highest BCUT2D eigenvalue weighted by Gasteiger charge is 2.33. The summed E-state index contributed by atoms with van der Waals surface area (Å²) in [6.07, 6.45) is 3.61. The van der Waals surface area contributed by atoms with E-state index in [-0.39, 0.29) is 12.1 Å². The van der Waals surface area contributed by atoms with Crippen LogP contribution in [0.15, 0.2) is 0 Å². The van der Waals surface area contributed by atoms with Crippen molar-refractivity contribution in [3.63, 3.8) is 0 Å². The standard InChI is InChI=1S/C9H22N2Si/c1-12(2,3)7-4-5-8(10)9(11)6-7/h7-9H,4-6,10-11H2,1-3H3/t7-,8+,9+/m0/s1. The van der Waals surface area contributed by atoms with Crippen molar-refractivity contribution in [3.8, 4) is 0 Å². The lowest BCUT2D eigenvalue weighted by molar-refractivity contribution is 0.379. The molecule has 1 saturated carbocycles. The fourth-order valence-electron chi connectivity index (χ4n) is 2.02. The average Bonchev–Trinajstić information content (AvgIpc) is 1.92. The largest absolute Gasteiger partial charge is 0.326 e. The summed E-state index contributed by atoms with van der Waals surface area (Å²) in [4.78, 5) is 0. The summed E-state index contributed by atoms with van der Waals surface area (Å²) in [6.45, 7) is 7.30. The molecule has 0 aromatic rings. The van der Waals surface area contributed by atoms with E-state index in [0.717, 1.165) is 18.4 Å². The summed E-state index contributed by atoms with van der Waals surface area (Å²) in [5, 5.41) is 0. The minimum atomic E-state index is -0.963. The van der Waals surface area contributed by atoms with E-state index in [9.17, 15) is 0 Å². The second-order valence-electron chi connectivity index (χ2n) is 5.20. The third-order valence-corrected chi connectivity index (χ3v) is 6.15. The monoisotopic (exact) mass is 186 g/mol. The summed E-state index contributed by atoms with van der Waals surface area (Å²) in [6, 6.07) is 0.521. The topological polar surface area (TPSA) is 52.0 Å². The van der Waals surface area contributed by atoms with Crippen LogP contribution in [0.1, 0.15) is 19.3 Å². The van der Waals surface area contributed by atoms with Crippen molar-refractivity contribution in [2.24, 2.45) is 11.5 Å². The molecule has 0 aromatic carbocycles. The Balaban J connectivity index is 2.51. The lowest BCUT2D eigenvalue weighted by Gasteiger charge is -2.38. The van der Waals surface area contributed by atoms with Crippen molar-refractivity contribution in [2.45, 2.75) is 56.5 Å². The number of hydrogen-bond acceptors (Lipinski definition) is 2. The Hall–Kier alpha value is 0.137. The maximum Gasteiger partial charge on any atom is 0.0474 e. The third kappa shape index (κ3) is 2.31. The highest BCUT2D eigenvalue weighted by atomic mass is 28.3. The number of rotatable bonds is 1. The van der Waals surface area contributed by atoms with Crippen LogP contribution in [0.2, 0.25) is 25.2 Å². The van der Waals surface area contributed by atoms with E-state index in [1.807, 2.05) is 0 Å². The molecule has 1 rings (SSSR count). The lowest BCUT2D eigenvalue weighted by atomic mass is 9.91. The Morgan fingerprint density at radius 2 is 1.58 bits per heavy atom. The summed E-state index contributed by atoms with van der Waals surface area (Å²) in [7, 11) is -0.963. The van der Waals surface area contributed by atoms with Gasteiger partial charge in [-0.2, -0.15) is 0 Å². The van der Waals surface area contributed by atoms with Crippen molar-refractivity contribution >= 4 is 8.07 Å². The van der Waals surface area contributed by atoms with Crippen molar-refractivity contribution in [2.75, 3.05) is 0 Å². The Bertz CT molecular complexity index is 153. The normalized spacial score (nSPS) is 38.2. The predicted octanol–water partition coefficient (Wildman–Crippen LogP) is 1.53. The summed E-state index contributed by atoms with van der Waals surface area (Å²) >= 11 is 0. The van der Waals surface area contributed by atoms with Gasteiger partial charge in [0, 0.05) is 20.2 Å². The molecule has 2 nitrogen and oxygen atoms in total. The van der Waals surface area contributed by atoms with Crippen LogP contribution < -0.4 is 11.5 Å². The van der Waals surface area contributed by atoms with Crippen molar-refractivity contribution < 1.29 is 0 Å². The van der Waals surface area contributed by atoms with Gasteiger partial charge in [0.15, 0.2) is 0 Å². The molecular weight excluding hydrogens is 164 g/mol. The first-order valence-corrected chi connectivity index (χ1v) is 8.50. The summed E-state index contributed by atoms with van der Waals surface area (Å²) in [5.74, 6) is 0. The van der Waals surface area contributed by atoms with E-state index in [1.165, 1.54) is 6.42 Å². The van der Waals surface area contributed by atoms with E-state index in [2.05, 4.69) is 19.6 Å². The van der Waals surface area contributed by atoms with Crippen molar-refractivity contribution in [1.82, 2.24) is 0 Å². The van der Waals surface area contributed by atoms with E-state index < -0.39 is 8.07 Å². The van der Waals surface area contributed by atoms with Crippen LogP contribution in [0, 0.1) is 0 Å².